The monoisotopic (exact) mass is 480 g/mol. The Morgan fingerprint density at radius 1 is 0.912 bits per heavy atom. The van der Waals surface area contributed by atoms with Crippen molar-refractivity contribution >= 4 is 23.8 Å². The molecule has 0 aliphatic rings. The molecule has 3 amide bonds. The first-order valence-electron chi connectivity index (χ1n) is 11.0. The Hall–Kier alpha value is -3.37. The molecule has 0 fully saturated rings. The Kier molecular flexibility index (Phi) is 10.3. The zero-order chi connectivity index (χ0) is 26.1. The summed E-state index contributed by atoms with van der Waals surface area (Å²) in [5.74, 6) is -0.564. The number of hydrogen-bond acceptors (Lipinski definition) is 7. The Bertz CT molecular complexity index is 858. The highest BCUT2D eigenvalue weighted by Crippen LogP contribution is 2.14. The number of carbonyl (C=O) groups is 3. The molecule has 3 N–H and O–H groups in total. The van der Waals surface area contributed by atoms with Crippen LogP contribution >= 0.6 is 0 Å². The lowest BCUT2D eigenvalue weighted by Crippen LogP contribution is -2.50. The Labute approximate surface area is 200 Å². The number of non-ortho nitro benzene ring substituents is 1. The molecule has 0 saturated carbocycles. The second-order valence-electron chi connectivity index (χ2n) is 10.1. The second kappa shape index (κ2) is 12.2. The van der Waals surface area contributed by atoms with Gasteiger partial charge in [-0.2, -0.15) is 0 Å². The second-order valence-corrected chi connectivity index (χ2v) is 10.1. The van der Waals surface area contributed by atoms with Crippen LogP contribution in [0.5, 0.6) is 0 Å². The molecule has 0 heterocycles. The average Bonchev–Trinajstić information content (AvgIpc) is 2.67. The van der Waals surface area contributed by atoms with Gasteiger partial charge in [-0.25, -0.2) is 9.59 Å². The van der Waals surface area contributed by atoms with E-state index < -0.39 is 40.3 Å². The van der Waals surface area contributed by atoms with Gasteiger partial charge < -0.3 is 25.4 Å². The molecule has 0 bridgehead atoms. The van der Waals surface area contributed by atoms with Crippen LogP contribution < -0.4 is 16.0 Å². The van der Waals surface area contributed by atoms with Crippen LogP contribution in [0, 0.1) is 16.0 Å². The average molecular weight is 481 g/mol. The van der Waals surface area contributed by atoms with Crippen LogP contribution in [-0.2, 0) is 20.7 Å². The predicted molar refractivity (Wildman–Crippen MR) is 126 cm³/mol. The summed E-state index contributed by atoms with van der Waals surface area (Å²) in [7, 11) is 0. The zero-order valence-electron chi connectivity index (χ0n) is 20.9. The van der Waals surface area contributed by atoms with E-state index in [4.69, 9.17) is 9.47 Å². The van der Waals surface area contributed by atoms with Crippen LogP contribution in [0.25, 0.3) is 0 Å². The van der Waals surface area contributed by atoms with E-state index in [-0.39, 0.29) is 31.1 Å². The van der Waals surface area contributed by atoms with Crippen molar-refractivity contribution in [2.24, 2.45) is 5.92 Å². The smallest absolute Gasteiger partial charge is 0.408 e. The molecule has 0 aliphatic carbocycles. The molecule has 11 heteroatoms. The molecule has 1 aromatic carbocycles. The molecule has 190 valence electrons. The lowest BCUT2D eigenvalue weighted by Gasteiger charge is -2.24. The summed E-state index contributed by atoms with van der Waals surface area (Å²) in [6, 6.07) is 4.76. The fourth-order valence-electron chi connectivity index (χ4n) is 2.69. The standard InChI is InChI=1S/C23H36N4O7/c1-15(14-25-20(29)33-22(2,3)4)13-24-19(28)18(26-21(30)34-23(5,6)7)12-16-8-10-17(11-9-16)27(31)32/h8-11,15,18H,12-14H2,1-7H3,(H,24,28)(H,25,29)(H,26,30). The lowest BCUT2D eigenvalue weighted by atomic mass is 10.0. The van der Waals surface area contributed by atoms with Crippen molar-refractivity contribution in [1.82, 2.24) is 16.0 Å². The van der Waals surface area contributed by atoms with Gasteiger partial charge in [0.05, 0.1) is 4.92 Å². The van der Waals surface area contributed by atoms with E-state index in [2.05, 4.69) is 16.0 Å². The number of nitrogens with zero attached hydrogens (tertiary/aromatic N) is 1. The first-order chi connectivity index (χ1) is 15.6. The summed E-state index contributed by atoms with van der Waals surface area (Å²) in [6.07, 6.45) is -1.20. The molecule has 2 unspecified atom stereocenters. The zero-order valence-corrected chi connectivity index (χ0v) is 20.9. The van der Waals surface area contributed by atoms with E-state index in [0.29, 0.717) is 5.56 Å². The Morgan fingerprint density at radius 2 is 1.41 bits per heavy atom. The Balaban J connectivity index is 2.76. The quantitative estimate of drug-likeness (QED) is 0.362. The van der Waals surface area contributed by atoms with E-state index >= 15 is 0 Å². The van der Waals surface area contributed by atoms with E-state index in [0.717, 1.165) is 0 Å². The fraction of sp³-hybridized carbons (Fsp3) is 0.609. The van der Waals surface area contributed by atoms with Crippen molar-refractivity contribution in [3.63, 3.8) is 0 Å². The number of nitro benzene ring substituents is 1. The van der Waals surface area contributed by atoms with Gasteiger partial charge in [-0.1, -0.05) is 19.1 Å². The maximum atomic E-state index is 12.9. The molecule has 11 nitrogen and oxygen atoms in total. The number of nitrogens with one attached hydrogen (secondary N) is 3. The van der Waals surface area contributed by atoms with Gasteiger partial charge in [0, 0.05) is 31.6 Å². The van der Waals surface area contributed by atoms with Crippen molar-refractivity contribution in [3.05, 3.63) is 39.9 Å². The number of nitro groups is 1. The van der Waals surface area contributed by atoms with Crippen molar-refractivity contribution in [2.45, 2.75) is 72.1 Å². The Morgan fingerprint density at radius 3 is 1.91 bits per heavy atom. The molecular weight excluding hydrogens is 444 g/mol. The third-order valence-electron chi connectivity index (χ3n) is 4.21. The summed E-state index contributed by atoms with van der Waals surface area (Å²) >= 11 is 0. The largest absolute Gasteiger partial charge is 0.444 e. The van der Waals surface area contributed by atoms with Crippen molar-refractivity contribution < 1.29 is 28.8 Å². The van der Waals surface area contributed by atoms with Gasteiger partial charge >= 0.3 is 12.2 Å². The molecule has 0 radical (unpaired) electrons. The molecule has 0 spiro atoms. The van der Waals surface area contributed by atoms with Crippen molar-refractivity contribution in [3.8, 4) is 0 Å². The highest BCUT2D eigenvalue weighted by atomic mass is 16.6. The van der Waals surface area contributed by atoms with E-state index in [9.17, 15) is 24.5 Å². The number of amides is 3. The maximum absolute atomic E-state index is 12.9. The van der Waals surface area contributed by atoms with Crippen LogP contribution in [-0.4, -0.2) is 53.4 Å². The minimum Gasteiger partial charge on any atom is -0.444 e. The minimum atomic E-state index is -0.970. The molecule has 0 aliphatic heterocycles. The van der Waals surface area contributed by atoms with Crippen LogP contribution in [0.3, 0.4) is 0 Å². The summed E-state index contributed by atoms with van der Waals surface area (Å²) in [5.41, 5.74) is -0.807. The van der Waals surface area contributed by atoms with Crippen molar-refractivity contribution in [2.75, 3.05) is 13.1 Å². The molecular formula is C23H36N4O7. The summed E-state index contributed by atoms with van der Waals surface area (Å²) in [5, 5.41) is 18.8. The minimum absolute atomic E-state index is 0.0730. The lowest BCUT2D eigenvalue weighted by molar-refractivity contribution is -0.384. The normalized spacial score (nSPS) is 13.3. The summed E-state index contributed by atoms with van der Waals surface area (Å²) in [6.45, 7) is 12.8. The molecule has 1 aromatic rings. The molecule has 0 aromatic heterocycles. The summed E-state index contributed by atoms with van der Waals surface area (Å²) in [4.78, 5) is 47.3. The van der Waals surface area contributed by atoms with Crippen LogP contribution in [0.2, 0.25) is 0 Å². The molecule has 0 saturated heterocycles. The molecule has 34 heavy (non-hydrogen) atoms. The number of ether oxygens (including phenoxy) is 2. The number of hydrogen-bond donors (Lipinski definition) is 3. The van der Waals surface area contributed by atoms with E-state index in [1.54, 1.807) is 41.5 Å². The molecule has 2 atom stereocenters. The summed E-state index contributed by atoms with van der Waals surface area (Å²) < 4.78 is 10.4. The van der Waals surface area contributed by atoms with Crippen molar-refractivity contribution in [1.29, 1.82) is 0 Å². The third-order valence-corrected chi connectivity index (χ3v) is 4.21. The first-order valence-corrected chi connectivity index (χ1v) is 11.0. The van der Waals surface area contributed by atoms with Gasteiger partial charge in [0.2, 0.25) is 5.91 Å². The number of rotatable bonds is 9. The van der Waals surface area contributed by atoms with Crippen LogP contribution in [0.15, 0.2) is 24.3 Å². The van der Waals surface area contributed by atoms with E-state index in [1.807, 2.05) is 6.92 Å². The third kappa shape index (κ3) is 12.0. The van der Waals surface area contributed by atoms with Gasteiger partial charge in [0.1, 0.15) is 17.2 Å². The van der Waals surface area contributed by atoms with E-state index in [1.165, 1.54) is 24.3 Å². The number of alkyl carbamates (subject to hydrolysis) is 2. The van der Waals surface area contributed by atoms with Gasteiger partial charge in [-0.15, -0.1) is 0 Å². The topological polar surface area (TPSA) is 149 Å². The van der Waals surface area contributed by atoms with Gasteiger partial charge in [0.25, 0.3) is 5.69 Å². The fourth-order valence-corrected chi connectivity index (χ4v) is 2.69. The number of benzene rings is 1. The highest BCUT2D eigenvalue weighted by Gasteiger charge is 2.25. The maximum Gasteiger partial charge on any atom is 0.408 e. The first kappa shape index (κ1) is 28.7. The van der Waals surface area contributed by atoms with Crippen LogP contribution in [0.1, 0.15) is 54.0 Å². The SMILES string of the molecule is CC(CNC(=O)OC(C)(C)C)CNC(=O)C(Cc1ccc([N+](=O)[O-])cc1)NC(=O)OC(C)(C)C. The molecule has 1 rings (SSSR count). The van der Waals surface area contributed by atoms with Gasteiger partial charge in [0.15, 0.2) is 0 Å². The van der Waals surface area contributed by atoms with Crippen LogP contribution in [0.4, 0.5) is 15.3 Å². The number of carbonyl (C=O) groups excluding carboxylic acids is 3. The highest BCUT2D eigenvalue weighted by molar-refractivity contribution is 5.86. The predicted octanol–water partition coefficient (Wildman–Crippen LogP) is 3.31. The van der Waals surface area contributed by atoms with Gasteiger partial charge in [-0.05, 0) is 53.0 Å². The van der Waals surface area contributed by atoms with Gasteiger partial charge in [-0.3, -0.25) is 14.9 Å².